The van der Waals surface area contributed by atoms with Gasteiger partial charge in [-0.1, -0.05) is 19.1 Å². The van der Waals surface area contributed by atoms with E-state index in [1.807, 2.05) is 0 Å². The van der Waals surface area contributed by atoms with Crippen LogP contribution in [-0.2, 0) is 4.79 Å². The summed E-state index contributed by atoms with van der Waals surface area (Å²) in [5.74, 6) is 0.590. The normalized spacial score (nSPS) is 36.0. The van der Waals surface area contributed by atoms with E-state index >= 15 is 0 Å². The number of carbonyl (C=O) groups excluding carboxylic acids is 1. The Morgan fingerprint density at radius 1 is 1.82 bits per heavy atom. The molecule has 0 aromatic carbocycles. The first kappa shape index (κ1) is 8.51. The molecule has 1 rings (SSSR count). The standard InChI is InChI=1S/C10H16O/c1-8(2)9-4-5-10(9,3)6-7-11/h7,9H,1,4-6H2,2-3H3/t9-,10-/m0/s1. The van der Waals surface area contributed by atoms with Crippen LogP contribution in [0.5, 0.6) is 0 Å². The lowest BCUT2D eigenvalue weighted by Crippen LogP contribution is -2.38. The van der Waals surface area contributed by atoms with Crippen molar-refractivity contribution in [2.45, 2.75) is 33.1 Å². The highest BCUT2D eigenvalue weighted by Crippen LogP contribution is 2.51. The van der Waals surface area contributed by atoms with Crippen LogP contribution in [0, 0.1) is 11.3 Å². The number of allylic oxidation sites excluding steroid dienone is 1. The average molecular weight is 152 g/mol. The molecule has 62 valence electrons. The zero-order chi connectivity index (χ0) is 8.48. The second kappa shape index (κ2) is 2.80. The molecule has 0 N–H and O–H groups in total. The van der Waals surface area contributed by atoms with Crippen LogP contribution in [0.25, 0.3) is 0 Å². The maximum atomic E-state index is 10.4. The Morgan fingerprint density at radius 3 is 2.73 bits per heavy atom. The Balaban J connectivity index is 2.58. The molecule has 1 aliphatic carbocycles. The van der Waals surface area contributed by atoms with Crippen LogP contribution in [0.2, 0.25) is 0 Å². The molecule has 11 heavy (non-hydrogen) atoms. The molecule has 0 aliphatic heterocycles. The minimum atomic E-state index is 0.244. The largest absolute Gasteiger partial charge is 0.303 e. The third-order valence-corrected chi connectivity index (χ3v) is 2.99. The minimum Gasteiger partial charge on any atom is -0.303 e. The van der Waals surface area contributed by atoms with E-state index in [0.29, 0.717) is 12.3 Å². The maximum absolute atomic E-state index is 10.4. The molecule has 0 aromatic heterocycles. The third-order valence-electron chi connectivity index (χ3n) is 2.99. The zero-order valence-corrected chi connectivity index (χ0v) is 7.39. The summed E-state index contributed by atoms with van der Waals surface area (Å²) in [7, 11) is 0. The van der Waals surface area contributed by atoms with Gasteiger partial charge in [-0.05, 0) is 31.1 Å². The molecule has 0 spiro atoms. The molecule has 0 saturated heterocycles. The highest BCUT2D eigenvalue weighted by molar-refractivity contribution is 5.51. The molecule has 0 unspecified atom stereocenters. The van der Waals surface area contributed by atoms with Crippen molar-refractivity contribution < 1.29 is 4.79 Å². The van der Waals surface area contributed by atoms with E-state index in [0.717, 1.165) is 6.29 Å². The second-order valence-corrected chi connectivity index (χ2v) is 3.96. The van der Waals surface area contributed by atoms with E-state index in [4.69, 9.17) is 0 Å². The Bertz CT molecular complexity index is 183. The summed E-state index contributed by atoms with van der Waals surface area (Å²) in [4.78, 5) is 10.4. The summed E-state index contributed by atoms with van der Waals surface area (Å²) >= 11 is 0. The zero-order valence-electron chi connectivity index (χ0n) is 7.39. The quantitative estimate of drug-likeness (QED) is 0.448. The molecule has 1 nitrogen and oxygen atoms in total. The highest BCUT2D eigenvalue weighted by Gasteiger charge is 2.42. The van der Waals surface area contributed by atoms with Gasteiger partial charge in [0.1, 0.15) is 6.29 Å². The third kappa shape index (κ3) is 1.37. The minimum absolute atomic E-state index is 0.244. The van der Waals surface area contributed by atoms with Gasteiger partial charge in [0.2, 0.25) is 0 Å². The number of aldehydes is 1. The molecular formula is C10H16O. The van der Waals surface area contributed by atoms with Gasteiger partial charge < -0.3 is 4.79 Å². The fourth-order valence-corrected chi connectivity index (χ4v) is 2.06. The van der Waals surface area contributed by atoms with Gasteiger partial charge >= 0.3 is 0 Å². The monoisotopic (exact) mass is 152 g/mol. The highest BCUT2D eigenvalue weighted by atomic mass is 16.1. The summed E-state index contributed by atoms with van der Waals surface area (Å²) in [6.07, 6.45) is 4.14. The molecule has 0 aromatic rings. The van der Waals surface area contributed by atoms with Gasteiger partial charge in [-0.15, -0.1) is 0 Å². The fourth-order valence-electron chi connectivity index (χ4n) is 2.06. The Labute approximate surface area is 68.5 Å². The van der Waals surface area contributed by atoms with E-state index in [-0.39, 0.29) is 5.41 Å². The van der Waals surface area contributed by atoms with Crippen LogP contribution in [-0.4, -0.2) is 6.29 Å². The molecule has 1 fully saturated rings. The number of carbonyl (C=O) groups is 1. The summed E-state index contributed by atoms with van der Waals surface area (Å²) in [5.41, 5.74) is 1.48. The van der Waals surface area contributed by atoms with Crippen LogP contribution >= 0.6 is 0 Å². The lowest BCUT2D eigenvalue weighted by Gasteiger charge is -2.47. The Morgan fingerprint density at radius 2 is 2.45 bits per heavy atom. The predicted octanol–water partition coefficient (Wildman–Crippen LogP) is 2.57. The van der Waals surface area contributed by atoms with Crippen molar-refractivity contribution in [3.05, 3.63) is 12.2 Å². The molecule has 0 heterocycles. The van der Waals surface area contributed by atoms with Gasteiger partial charge in [0.25, 0.3) is 0 Å². The first-order valence-corrected chi connectivity index (χ1v) is 4.19. The van der Waals surface area contributed by atoms with Crippen molar-refractivity contribution in [3.63, 3.8) is 0 Å². The SMILES string of the molecule is C=C(C)[C@@H]1CC[C@@]1(C)CC=O. The van der Waals surface area contributed by atoms with Crippen molar-refractivity contribution in [2.24, 2.45) is 11.3 Å². The Hall–Kier alpha value is -0.590. The van der Waals surface area contributed by atoms with Gasteiger partial charge in [-0.25, -0.2) is 0 Å². The summed E-state index contributed by atoms with van der Waals surface area (Å²) < 4.78 is 0. The van der Waals surface area contributed by atoms with Gasteiger partial charge in [-0.2, -0.15) is 0 Å². The molecule has 0 amide bonds. The van der Waals surface area contributed by atoms with E-state index in [1.54, 1.807) is 0 Å². The molecule has 1 aliphatic rings. The number of hydrogen-bond acceptors (Lipinski definition) is 1. The smallest absolute Gasteiger partial charge is 0.120 e. The first-order chi connectivity index (χ1) is 5.10. The summed E-state index contributed by atoms with van der Waals surface area (Å²) in [6.45, 7) is 8.19. The summed E-state index contributed by atoms with van der Waals surface area (Å²) in [5, 5.41) is 0. The van der Waals surface area contributed by atoms with Gasteiger partial charge in [0, 0.05) is 6.42 Å². The topological polar surface area (TPSA) is 17.1 Å². The molecule has 0 bridgehead atoms. The number of rotatable bonds is 3. The predicted molar refractivity (Wildman–Crippen MR) is 46.3 cm³/mol. The van der Waals surface area contributed by atoms with Gasteiger partial charge in [-0.3, -0.25) is 0 Å². The van der Waals surface area contributed by atoms with E-state index < -0.39 is 0 Å². The van der Waals surface area contributed by atoms with Gasteiger partial charge in [0.05, 0.1) is 0 Å². The van der Waals surface area contributed by atoms with Crippen molar-refractivity contribution >= 4 is 6.29 Å². The van der Waals surface area contributed by atoms with Crippen LogP contribution in [0.1, 0.15) is 33.1 Å². The average Bonchev–Trinajstić information content (AvgIpc) is 1.85. The van der Waals surface area contributed by atoms with Crippen molar-refractivity contribution in [3.8, 4) is 0 Å². The molecule has 1 saturated carbocycles. The van der Waals surface area contributed by atoms with Crippen LogP contribution in [0.4, 0.5) is 0 Å². The van der Waals surface area contributed by atoms with E-state index in [2.05, 4.69) is 20.4 Å². The van der Waals surface area contributed by atoms with E-state index in [1.165, 1.54) is 18.4 Å². The number of hydrogen-bond donors (Lipinski definition) is 0. The van der Waals surface area contributed by atoms with Crippen LogP contribution in [0.3, 0.4) is 0 Å². The van der Waals surface area contributed by atoms with Crippen LogP contribution in [0.15, 0.2) is 12.2 Å². The van der Waals surface area contributed by atoms with Crippen molar-refractivity contribution in [1.82, 2.24) is 0 Å². The lowest BCUT2D eigenvalue weighted by atomic mass is 9.58. The van der Waals surface area contributed by atoms with Crippen molar-refractivity contribution in [2.75, 3.05) is 0 Å². The van der Waals surface area contributed by atoms with Gasteiger partial charge in [0.15, 0.2) is 0 Å². The fraction of sp³-hybridized carbons (Fsp3) is 0.700. The molecule has 1 heteroatoms. The van der Waals surface area contributed by atoms with Crippen molar-refractivity contribution in [1.29, 1.82) is 0 Å². The Kier molecular flexibility index (Phi) is 2.17. The molecule has 2 atom stereocenters. The molecule has 0 radical (unpaired) electrons. The maximum Gasteiger partial charge on any atom is 0.120 e. The summed E-state index contributed by atoms with van der Waals surface area (Å²) in [6, 6.07) is 0. The van der Waals surface area contributed by atoms with E-state index in [9.17, 15) is 4.79 Å². The molecular weight excluding hydrogens is 136 g/mol. The van der Waals surface area contributed by atoms with Crippen LogP contribution < -0.4 is 0 Å². The second-order valence-electron chi connectivity index (χ2n) is 3.96. The lowest BCUT2D eigenvalue weighted by molar-refractivity contribution is -0.111. The first-order valence-electron chi connectivity index (χ1n) is 4.19.